The Kier molecular flexibility index (Phi) is 6.39. The third-order valence-electron chi connectivity index (χ3n) is 4.43. The molecule has 1 aliphatic rings. The molecule has 1 amide bonds. The van der Waals surface area contributed by atoms with Gasteiger partial charge in [-0.15, -0.1) is 11.3 Å². The quantitative estimate of drug-likeness (QED) is 0.544. The van der Waals surface area contributed by atoms with Crippen LogP contribution in [0.15, 0.2) is 16.2 Å². The summed E-state index contributed by atoms with van der Waals surface area (Å²) in [4.78, 5) is 27.3. The van der Waals surface area contributed by atoms with E-state index < -0.39 is 0 Å². The summed E-state index contributed by atoms with van der Waals surface area (Å²) in [5, 5.41) is 4.81. The summed E-state index contributed by atoms with van der Waals surface area (Å²) in [5.74, 6) is 0.0740. The maximum Gasteiger partial charge on any atom is 0.272 e. The Morgan fingerprint density at radius 3 is 3.12 bits per heavy atom. The Morgan fingerprint density at radius 2 is 2.32 bits per heavy atom. The molecule has 0 bridgehead atoms. The van der Waals surface area contributed by atoms with Crippen LogP contribution in [0.2, 0.25) is 0 Å². The van der Waals surface area contributed by atoms with Crippen molar-refractivity contribution in [3.05, 3.63) is 26.6 Å². The molecule has 136 valence electrons. The van der Waals surface area contributed by atoms with Crippen LogP contribution in [-0.2, 0) is 16.1 Å². The number of amides is 1. The number of unbranched alkanes of at least 4 members (excludes halogenated alkanes) is 2. The van der Waals surface area contributed by atoms with E-state index in [1.807, 2.05) is 11.4 Å². The zero-order valence-electron chi connectivity index (χ0n) is 14.1. The molecule has 1 unspecified atom stereocenters. The predicted octanol–water partition coefficient (Wildman–Crippen LogP) is 2.98. The van der Waals surface area contributed by atoms with Gasteiger partial charge in [-0.05, 0) is 49.3 Å². The summed E-state index contributed by atoms with van der Waals surface area (Å²) in [6.07, 6.45) is 5.33. The first-order chi connectivity index (χ1) is 12.1. The van der Waals surface area contributed by atoms with Gasteiger partial charge in [0.15, 0.2) is 4.77 Å². The molecule has 0 saturated carbocycles. The maximum absolute atomic E-state index is 12.4. The van der Waals surface area contributed by atoms with Gasteiger partial charge in [-0.25, -0.2) is 0 Å². The molecular formula is C17H23N3O3S2. The van der Waals surface area contributed by atoms with E-state index in [2.05, 4.69) is 10.3 Å². The van der Waals surface area contributed by atoms with Gasteiger partial charge >= 0.3 is 0 Å². The minimum atomic E-state index is -0.0249. The Bertz CT molecular complexity index is 834. The van der Waals surface area contributed by atoms with E-state index in [1.165, 1.54) is 11.3 Å². The van der Waals surface area contributed by atoms with Crippen LogP contribution in [0.3, 0.4) is 0 Å². The molecule has 0 radical (unpaired) electrons. The van der Waals surface area contributed by atoms with Crippen LogP contribution in [0.4, 0.5) is 0 Å². The second kappa shape index (κ2) is 8.73. The molecule has 2 aromatic heterocycles. The van der Waals surface area contributed by atoms with Crippen LogP contribution in [0.1, 0.15) is 38.5 Å². The van der Waals surface area contributed by atoms with Gasteiger partial charge in [0.1, 0.15) is 4.70 Å². The summed E-state index contributed by atoms with van der Waals surface area (Å²) >= 11 is 6.70. The summed E-state index contributed by atoms with van der Waals surface area (Å²) in [7, 11) is 0. The minimum absolute atomic E-state index is 0.0249. The number of nitrogens with zero attached hydrogens (tertiary/aromatic N) is 1. The smallest absolute Gasteiger partial charge is 0.272 e. The molecular weight excluding hydrogens is 358 g/mol. The second-order valence-corrected chi connectivity index (χ2v) is 7.60. The summed E-state index contributed by atoms with van der Waals surface area (Å²) < 4.78 is 8.27. The topological polar surface area (TPSA) is 76.1 Å². The van der Waals surface area contributed by atoms with Crippen LogP contribution < -0.4 is 10.9 Å². The number of fused-ring (bicyclic) bond motifs is 1. The van der Waals surface area contributed by atoms with E-state index in [4.69, 9.17) is 17.0 Å². The van der Waals surface area contributed by atoms with Gasteiger partial charge in [-0.2, -0.15) is 0 Å². The lowest BCUT2D eigenvalue weighted by Gasteiger charge is -2.10. The van der Waals surface area contributed by atoms with Crippen molar-refractivity contribution in [2.45, 2.75) is 51.2 Å². The van der Waals surface area contributed by atoms with Crippen LogP contribution in [0.25, 0.3) is 10.2 Å². The number of H-pyrrole nitrogens is 1. The average Bonchev–Trinajstić information content (AvgIpc) is 3.26. The highest BCUT2D eigenvalue weighted by molar-refractivity contribution is 7.71. The maximum atomic E-state index is 12.4. The number of rotatable bonds is 8. The van der Waals surface area contributed by atoms with Crippen molar-refractivity contribution < 1.29 is 9.53 Å². The first-order valence-corrected chi connectivity index (χ1v) is 10.0. The number of nitrogens with one attached hydrogen (secondary N) is 2. The summed E-state index contributed by atoms with van der Waals surface area (Å²) in [5.41, 5.74) is 0.780. The van der Waals surface area contributed by atoms with Crippen LogP contribution >= 0.6 is 23.6 Å². The molecule has 2 N–H and O–H groups in total. The van der Waals surface area contributed by atoms with Gasteiger partial charge in [-0.1, -0.05) is 6.42 Å². The first-order valence-electron chi connectivity index (χ1n) is 8.74. The first kappa shape index (κ1) is 18.3. The molecule has 1 aliphatic heterocycles. The van der Waals surface area contributed by atoms with Gasteiger partial charge < -0.3 is 15.0 Å². The lowest BCUT2D eigenvalue weighted by atomic mass is 10.2. The largest absolute Gasteiger partial charge is 0.376 e. The number of thiophene rings is 1. The summed E-state index contributed by atoms with van der Waals surface area (Å²) in [6, 6.07) is 1.87. The number of hydrogen-bond donors (Lipinski definition) is 2. The van der Waals surface area contributed by atoms with Gasteiger partial charge in [-0.3, -0.25) is 14.2 Å². The van der Waals surface area contributed by atoms with E-state index in [1.54, 1.807) is 4.57 Å². The highest BCUT2D eigenvalue weighted by Crippen LogP contribution is 2.14. The van der Waals surface area contributed by atoms with Crippen molar-refractivity contribution in [1.29, 1.82) is 0 Å². The molecule has 1 atom stereocenters. The number of carbonyl (C=O) groups excluding carboxylic acids is 1. The Labute approximate surface area is 155 Å². The Balaban J connectivity index is 1.39. The van der Waals surface area contributed by atoms with Crippen LogP contribution in [0.5, 0.6) is 0 Å². The normalized spacial score (nSPS) is 17.2. The van der Waals surface area contributed by atoms with E-state index >= 15 is 0 Å². The lowest BCUT2D eigenvalue weighted by molar-refractivity contribution is -0.121. The van der Waals surface area contributed by atoms with Crippen molar-refractivity contribution in [3.63, 3.8) is 0 Å². The number of aromatic nitrogens is 2. The van der Waals surface area contributed by atoms with Crippen molar-refractivity contribution in [2.75, 3.05) is 13.2 Å². The monoisotopic (exact) mass is 381 g/mol. The van der Waals surface area contributed by atoms with Gasteiger partial charge in [0.25, 0.3) is 5.56 Å². The molecule has 3 heterocycles. The molecule has 1 fully saturated rings. The van der Waals surface area contributed by atoms with Gasteiger partial charge in [0, 0.05) is 26.1 Å². The van der Waals surface area contributed by atoms with Crippen molar-refractivity contribution in [3.8, 4) is 0 Å². The number of ether oxygens (including phenoxy) is 1. The minimum Gasteiger partial charge on any atom is -0.376 e. The highest BCUT2D eigenvalue weighted by atomic mass is 32.1. The van der Waals surface area contributed by atoms with Gasteiger partial charge in [0.2, 0.25) is 5.91 Å². The number of aromatic amines is 1. The van der Waals surface area contributed by atoms with E-state index in [0.29, 0.717) is 29.0 Å². The van der Waals surface area contributed by atoms with E-state index in [-0.39, 0.29) is 17.6 Å². The molecule has 25 heavy (non-hydrogen) atoms. The molecule has 1 saturated heterocycles. The zero-order chi connectivity index (χ0) is 17.6. The molecule has 0 spiro atoms. The molecule has 0 aliphatic carbocycles. The van der Waals surface area contributed by atoms with Crippen molar-refractivity contribution in [1.82, 2.24) is 14.9 Å². The molecule has 8 heteroatoms. The lowest BCUT2D eigenvalue weighted by Crippen LogP contribution is -2.31. The van der Waals surface area contributed by atoms with E-state index in [0.717, 1.165) is 44.2 Å². The standard InChI is InChI=1S/C17H23N3O3S2/c21-14(18-11-12-5-4-9-23-12)6-2-1-3-8-20-16(22)15-13(7-10-25-15)19-17(20)24/h7,10,12H,1-6,8-9,11H2,(H,18,21)(H,19,24). The van der Waals surface area contributed by atoms with Crippen molar-refractivity contribution in [2.24, 2.45) is 0 Å². The average molecular weight is 382 g/mol. The SMILES string of the molecule is O=C(CCCCCn1c(=S)[nH]c2ccsc2c1=O)NCC1CCCO1. The fraction of sp³-hybridized carbons (Fsp3) is 0.588. The van der Waals surface area contributed by atoms with Gasteiger partial charge in [0.05, 0.1) is 11.6 Å². The summed E-state index contributed by atoms with van der Waals surface area (Å²) in [6.45, 7) is 2.00. The second-order valence-electron chi connectivity index (χ2n) is 6.30. The third-order valence-corrected chi connectivity index (χ3v) is 5.65. The Morgan fingerprint density at radius 1 is 1.44 bits per heavy atom. The predicted molar refractivity (Wildman–Crippen MR) is 102 cm³/mol. The van der Waals surface area contributed by atoms with Crippen molar-refractivity contribution >= 4 is 39.7 Å². The number of hydrogen-bond acceptors (Lipinski definition) is 5. The molecule has 0 aromatic carbocycles. The molecule has 6 nitrogen and oxygen atoms in total. The highest BCUT2D eigenvalue weighted by Gasteiger charge is 2.15. The molecule has 3 rings (SSSR count). The fourth-order valence-corrected chi connectivity index (χ4v) is 4.11. The molecule has 2 aromatic rings. The fourth-order valence-electron chi connectivity index (χ4n) is 3.03. The Hall–Kier alpha value is -1.51. The van der Waals surface area contributed by atoms with E-state index in [9.17, 15) is 9.59 Å². The number of carbonyl (C=O) groups is 1. The third kappa shape index (κ3) is 4.77. The van der Waals surface area contributed by atoms with Crippen LogP contribution in [-0.4, -0.2) is 34.7 Å². The zero-order valence-corrected chi connectivity index (χ0v) is 15.7. The van der Waals surface area contributed by atoms with Crippen LogP contribution in [0, 0.1) is 4.77 Å².